The third-order valence-corrected chi connectivity index (χ3v) is 4.92. The van der Waals surface area contributed by atoms with Gasteiger partial charge in [-0.05, 0) is 49.6 Å². The van der Waals surface area contributed by atoms with Gasteiger partial charge in [-0.25, -0.2) is 9.59 Å². The summed E-state index contributed by atoms with van der Waals surface area (Å²) in [5, 5.41) is 18.9. The van der Waals surface area contributed by atoms with Crippen LogP contribution in [0.4, 0.5) is 13.2 Å². The molecule has 1 aromatic carbocycles. The van der Waals surface area contributed by atoms with Crippen LogP contribution in [0.3, 0.4) is 0 Å². The quantitative estimate of drug-likeness (QED) is 0.202. The van der Waals surface area contributed by atoms with E-state index in [1.165, 1.54) is 10.6 Å². The molecule has 5 N–H and O–H groups in total. The maximum Gasteiger partial charge on any atom is 0.490 e. The Balaban J connectivity index is 0.000000809. The van der Waals surface area contributed by atoms with Crippen molar-refractivity contribution in [2.75, 3.05) is 6.54 Å². The highest BCUT2D eigenvalue weighted by atomic mass is 79.9. The number of benzene rings is 1. The molecule has 0 spiro atoms. The number of aliphatic imine (C=N–C) groups is 1. The second kappa shape index (κ2) is 14.0. The number of carbonyl (C=O) groups is 3. The number of alkyl halides is 3. The first-order valence-corrected chi connectivity index (χ1v) is 11.1. The van der Waals surface area contributed by atoms with E-state index in [0.717, 1.165) is 10.0 Å². The molecule has 2 rings (SSSR count). The van der Waals surface area contributed by atoms with Crippen LogP contribution in [-0.4, -0.2) is 57.2 Å². The third-order valence-electron chi connectivity index (χ3n) is 4.39. The molecule has 10 nitrogen and oxygen atoms in total. The lowest BCUT2D eigenvalue weighted by atomic mass is 10.1. The van der Waals surface area contributed by atoms with E-state index in [-0.39, 0.29) is 12.0 Å². The maximum absolute atomic E-state index is 12.7. The molecule has 1 atom stereocenters. The Morgan fingerprint density at radius 3 is 2.25 bits per heavy atom. The van der Waals surface area contributed by atoms with Gasteiger partial charge in [0.1, 0.15) is 11.6 Å². The van der Waals surface area contributed by atoms with E-state index in [4.69, 9.17) is 15.6 Å². The zero-order valence-corrected chi connectivity index (χ0v) is 20.5. The smallest absolute Gasteiger partial charge is 0.480 e. The molecule has 0 fully saturated rings. The van der Waals surface area contributed by atoms with E-state index in [1.807, 2.05) is 24.3 Å². The maximum atomic E-state index is 12.7. The summed E-state index contributed by atoms with van der Waals surface area (Å²) in [6.45, 7) is 2.31. The van der Waals surface area contributed by atoms with Crippen molar-refractivity contribution < 1.29 is 37.8 Å². The van der Waals surface area contributed by atoms with Crippen molar-refractivity contribution in [3.8, 4) is 0 Å². The summed E-state index contributed by atoms with van der Waals surface area (Å²) in [6, 6.07) is 9.33. The fourth-order valence-electron chi connectivity index (χ4n) is 2.66. The number of amidine groups is 1. The molecule has 36 heavy (non-hydrogen) atoms. The van der Waals surface area contributed by atoms with Gasteiger partial charge in [-0.3, -0.25) is 14.6 Å². The van der Waals surface area contributed by atoms with Gasteiger partial charge in [0.2, 0.25) is 0 Å². The van der Waals surface area contributed by atoms with Gasteiger partial charge in [-0.1, -0.05) is 28.1 Å². The van der Waals surface area contributed by atoms with E-state index in [1.54, 1.807) is 19.2 Å². The van der Waals surface area contributed by atoms with Crippen molar-refractivity contribution in [2.24, 2.45) is 10.7 Å². The Labute approximate surface area is 211 Å². The first-order valence-electron chi connectivity index (χ1n) is 10.3. The Hall–Kier alpha value is -3.68. The molecular formula is C22H24BrF3N4O6. The minimum atomic E-state index is -5.08. The summed E-state index contributed by atoms with van der Waals surface area (Å²) in [5.74, 6) is -4.23. The molecule has 0 saturated heterocycles. The van der Waals surface area contributed by atoms with Gasteiger partial charge < -0.3 is 25.8 Å². The minimum Gasteiger partial charge on any atom is -0.480 e. The Morgan fingerprint density at radius 2 is 1.75 bits per heavy atom. The van der Waals surface area contributed by atoms with Crippen LogP contribution in [0.25, 0.3) is 0 Å². The number of halogens is 4. The van der Waals surface area contributed by atoms with Crippen LogP contribution in [0.2, 0.25) is 0 Å². The molecule has 0 unspecified atom stereocenters. The van der Waals surface area contributed by atoms with E-state index in [9.17, 15) is 32.7 Å². The molecule has 0 aliphatic rings. The van der Waals surface area contributed by atoms with E-state index in [0.29, 0.717) is 25.3 Å². The molecule has 0 saturated carbocycles. The van der Waals surface area contributed by atoms with Crippen LogP contribution in [0.5, 0.6) is 0 Å². The number of hydrogen-bond acceptors (Lipinski definition) is 5. The number of carboxylic acids is 2. The van der Waals surface area contributed by atoms with Crippen LogP contribution >= 0.6 is 15.9 Å². The summed E-state index contributed by atoms with van der Waals surface area (Å²) in [7, 11) is 0. The summed E-state index contributed by atoms with van der Waals surface area (Å²) < 4.78 is 34.1. The molecule has 196 valence electrons. The van der Waals surface area contributed by atoms with Gasteiger partial charge in [0, 0.05) is 17.2 Å². The van der Waals surface area contributed by atoms with Crippen molar-refractivity contribution in [1.82, 2.24) is 9.88 Å². The first-order chi connectivity index (χ1) is 16.7. The van der Waals surface area contributed by atoms with E-state index in [2.05, 4.69) is 26.2 Å². The molecule has 1 heterocycles. The van der Waals surface area contributed by atoms with Crippen molar-refractivity contribution in [3.05, 3.63) is 68.5 Å². The average molecular weight is 577 g/mol. The lowest BCUT2D eigenvalue weighted by Gasteiger charge is -2.14. The highest BCUT2D eigenvalue weighted by Gasteiger charge is 2.38. The zero-order valence-electron chi connectivity index (χ0n) is 19.0. The molecule has 0 radical (unpaired) electrons. The predicted molar refractivity (Wildman–Crippen MR) is 128 cm³/mol. The Morgan fingerprint density at radius 1 is 1.17 bits per heavy atom. The molecule has 1 amide bonds. The number of carbonyl (C=O) groups excluding carboxylic acids is 1. The van der Waals surface area contributed by atoms with Gasteiger partial charge in [-0.15, -0.1) is 0 Å². The van der Waals surface area contributed by atoms with Crippen LogP contribution in [0.15, 0.2) is 56.9 Å². The predicted octanol–water partition coefficient (Wildman–Crippen LogP) is 2.63. The number of nitrogens with zero attached hydrogens (tertiary/aromatic N) is 2. The summed E-state index contributed by atoms with van der Waals surface area (Å²) in [4.78, 5) is 49.6. The summed E-state index contributed by atoms with van der Waals surface area (Å²) in [5.41, 5.74) is 5.75. The summed E-state index contributed by atoms with van der Waals surface area (Å²) in [6.07, 6.45) is -2.88. The number of amides is 1. The topological polar surface area (TPSA) is 164 Å². The number of aliphatic carboxylic acids is 2. The van der Waals surface area contributed by atoms with Crippen molar-refractivity contribution in [1.29, 1.82) is 0 Å². The average Bonchev–Trinajstić information content (AvgIpc) is 2.78. The fraction of sp³-hybridized carbons (Fsp3) is 0.318. The van der Waals surface area contributed by atoms with Gasteiger partial charge in [0.25, 0.3) is 11.5 Å². The lowest BCUT2D eigenvalue weighted by molar-refractivity contribution is -0.192. The third kappa shape index (κ3) is 10.7. The van der Waals surface area contributed by atoms with Crippen molar-refractivity contribution in [3.63, 3.8) is 0 Å². The van der Waals surface area contributed by atoms with Gasteiger partial charge in [0.05, 0.1) is 12.4 Å². The molecule has 0 aliphatic heterocycles. The number of nitrogens with two attached hydrogens (primary N) is 1. The number of carboxylic acid groups (broad SMARTS) is 2. The molecular weight excluding hydrogens is 553 g/mol. The largest absolute Gasteiger partial charge is 0.490 e. The Bertz CT molecular complexity index is 1150. The van der Waals surface area contributed by atoms with E-state index < -0.39 is 35.6 Å². The standard InChI is InChI=1S/C20H23BrN4O4.C2HF3O2/c1-13(22)23-10-2-5-17(20(28)29)24-18(26)16-4-3-11-25(19(16)27)12-14-6-8-15(21)9-7-14;3-2(4,5)1(6)7/h3-4,6-9,11,17H,2,5,10,12H2,1H3,(H2,22,23)(H,24,26)(H,28,29);(H,6,7)/t17-;/m0./s1. The normalized spacial score (nSPS) is 12.2. The highest BCUT2D eigenvalue weighted by Crippen LogP contribution is 2.13. The lowest BCUT2D eigenvalue weighted by Crippen LogP contribution is -2.43. The van der Waals surface area contributed by atoms with Gasteiger partial charge in [-0.2, -0.15) is 13.2 Å². The zero-order chi connectivity index (χ0) is 27.5. The number of aromatic nitrogens is 1. The van der Waals surface area contributed by atoms with Crippen LogP contribution < -0.4 is 16.6 Å². The molecule has 0 aliphatic carbocycles. The fourth-order valence-corrected chi connectivity index (χ4v) is 2.93. The monoisotopic (exact) mass is 576 g/mol. The summed E-state index contributed by atoms with van der Waals surface area (Å²) >= 11 is 3.36. The Kier molecular flexibility index (Phi) is 11.8. The highest BCUT2D eigenvalue weighted by molar-refractivity contribution is 9.10. The van der Waals surface area contributed by atoms with Crippen LogP contribution in [0.1, 0.15) is 35.7 Å². The van der Waals surface area contributed by atoms with Gasteiger partial charge >= 0.3 is 18.1 Å². The number of pyridine rings is 1. The second-order valence-electron chi connectivity index (χ2n) is 7.31. The molecule has 14 heteroatoms. The number of nitrogens with one attached hydrogen (secondary N) is 1. The minimum absolute atomic E-state index is 0.105. The second-order valence-corrected chi connectivity index (χ2v) is 8.23. The SMILES string of the molecule is CC(N)=NCCC[C@H](NC(=O)c1cccn(Cc2ccc(Br)cc2)c1=O)C(=O)O.O=C(O)C(F)(F)F. The number of rotatable bonds is 9. The van der Waals surface area contributed by atoms with Crippen LogP contribution in [0, 0.1) is 0 Å². The van der Waals surface area contributed by atoms with Crippen molar-refractivity contribution >= 4 is 39.6 Å². The first kappa shape index (κ1) is 30.4. The van der Waals surface area contributed by atoms with E-state index >= 15 is 0 Å². The number of hydrogen-bond donors (Lipinski definition) is 4. The van der Waals surface area contributed by atoms with Crippen LogP contribution in [-0.2, 0) is 16.1 Å². The van der Waals surface area contributed by atoms with Crippen molar-refractivity contribution in [2.45, 2.75) is 38.5 Å². The molecule has 0 bridgehead atoms. The molecule has 1 aromatic heterocycles. The molecule has 2 aromatic rings. The van der Waals surface area contributed by atoms with Gasteiger partial charge in [0.15, 0.2) is 0 Å².